The Bertz CT molecular complexity index is 2130. The number of oxime groups is 1. The third-order valence-electron chi connectivity index (χ3n) is 12.2. The van der Waals surface area contributed by atoms with Crippen molar-refractivity contribution in [1.29, 1.82) is 0 Å². The average molecular weight is 886 g/mol. The topological polar surface area (TPSA) is 183 Å². The van der Waals surface area contributed by atoms with Gasteiger partial charge in [-0.25, -0.2) is 4.39 Å². The summed E-state index contributed by atoms with van der Waals surface area (Å²) in [5.74, 6) is -2.24. The Morgan fingerprint density at radius 3 is 2.50 bits per heavy atom. The third kappa shape index (κ3) is 11.2. The molecule has 1 heterocycles. The fourth-order valence-corrected chi connectivity index (χ4v) is 9.38. The summed E-state index contributed by atoms with van der Waals surface area (Å²) in [4.78, 5) is 33.1. The molecule has 0 spiro atoms. The van der Waals surface area contributed by atoms with Gasteiger partial charge in [-0.2, -0.15) is 0 Å². The van der Waals surface area contributed by atoms with E-state index in [1.807, 2.05) is 19.1 Å². The summed E-state index contributed by atoms with van der Waals surface area (Å²) in [6.45, 7) is 6.23. The van der Waals surface area contributed by atoms with Gasteiger partial charge in [-0.3, -0.25) is 14.9 Å². The van der Waals surface area contributed by atoms with Crippen LogP contribution in [0.5, 0.6) is 11.5 Å². The Morgan fingerprint density at radius 1 is 1.03 bits per heavy atom. The zero-order valence-electron chi connectivity index (χ0n) is 36.4. The Balaban J connectivity index is 1.54. The van der Waals surface area contributed by atoms with E-state index < -0.39 is 28.6 Å². The van der Waals surface area contributed by atoms with Crippen LogP contribution in [0.2, 0.25) is 0 Å². The van der Waals surface area contributed by atoms with Crippen LogP contribution in [0.4, 0.5) is 10.1 Å². The molecule has 1 aliphatic heterocycles. The van der Waals surface area contributed by atoms with Crippen LogP contribution in [-0.2, 0) is 25.7 Å². The molecule has 6 rings (SSSR count). The van der Waals surface area contributed by atoms with E-state index in [1.165, 1.54) is 24.3 Å². The molecule has 0 aromatic heterocycles. The highest BCUT2D eigenvalue weighted by atomic mass is 19.1. The molecule has 15 heteroatoms. The molecule has 2 aliphatic carbocycles. The first-order chi connectivity index (χ1) is 31.2. The van der Waals surface area contributed by atoms with Gasteiger partial charge in [-0.05, 0) is 98.1 Å². The number of nitrogens with zero attached hydrogens (tertiary/aromatic N) is 3. The Labute approximate surface area is 373 Å². The summed E-state index contributed by atoms with van der Waals surface area (Å²) in [5, 5.41) is 45.4. The lowest BCUT2D eigenvalue weighted by Crippen LogP contribution is -2.70. The van der Waals surface area contributed by atoms with E-state index in [0.717, 1.165) is 36.8 Å². The molecule has 0 radical (unpaired) electrons. The van der Waals surface area contributed by atoms with Gasteiger partial charge in [0.25, 0.3) is 5.69 Å². The first-order valence-electron chi connectivity index (χ1n) is 22.2. The number of carbonyl (C=O) groups is 1. The zero-order valence-corrected chi connectivity index (χ0v) is 36.4. The zero-order chi connectivity index (χ0) is 45.5. The minimum atomic E-state index is -1.54. The number of hydrogen-bond donors (Lipinski definition) is 3. The number of nitro groups is 1. The number of carbonyl (C=O) groups excluding carboxylic acids is 1. The fourth-order valence-electron chi connectivity index (χ4n) is 9.38. The highest BCUT2D eigenvalue weighted by Gasteiger charge is 2.65. The van der Waals surface area contributed by atoms with Gasteiger partial charge in [-0.1, -0.05) is 48.3 Å². The minimum Gasteiger partial charge on any atom is -0.489 e. The predicted molar refractivity (Wildman–Crippen MR) is 239 cm³/mol. The average Bonchev–Trinajstić information content (AvgIpc) is 3.30. The summed E-state index contributed by atoms with van der Waals surface area (Å²) in [7, 11) is 0. The van der Waals surface area contributed by atoms with E-state index in [0.29, 0.717) is 41.2 Å². The van der Waals surface area contributed by atoms with Gasteiger partial charge < -0.3 is 44.0 Å². The fraction of sp³-hybridized carbons (Fsp3) is 0.469. The van der Waals surface area contributed by atoms with E-state index >= 15 is 0 Å². The largest absolute Gasteiger partial charge is 0.489 e. The summed E-state index contributed by atoms with van der Waals surface area (Å²) < 4.78 is 41.1. The number of hydrogen-bond acceptors (Lipinski definition) is 12. The Kier molecular flexibility index (Phi) is 17.6. The van der Waals surface area contributed by atoms with Gasteiger partial charge in [0.2, 0.25) is 11.7 Å². The van der Waals surface area contributed by atoms with Crippen LogP contribution in [0.3, 0.4) is 0 Å². The van der Waals surface area contributed by atoms with E-state index in [9.17, 15) is 34.6 Å². The molecular weight excluding hydrogens is 826 g/mol. The first-order valence-corrected chi connectivity index (χ1v) is 22.2. The molecule has 344 valence electrons. The summed E-state index contributed by atoms with van der Waals surface area (Å²) in [6, 6.07) is 17.0. The number of nitro benzene ring substituents is 1. The van der Waals surface area contributed by atoms with Gasteiger partial charge >= 0.3 is 0 Å². The van der Waals surface area contributed by atoms with E-state index in [-0.39, 0.29) is 95.1 Å². The van der Waals surface area contributed by atoms with E-state index in [4.69, 9.17) is 28.9 Å². The molecule has 3 aromatic rings. The second kappa shape index (κ2) is 23.5. The molecular formula is C49H60FN3O11. The molecule has 3 aliphatic rings. The van der Waals surface area contributed by atoms with Crippen molar-refractivity contribution in [2.24, 2.45) is 22.9 Å². The van der Waals surface area contributed by atoms with Gasteiger partial charge in [0, 0.05) is 61.4 Å². The maximum Gasteiger partial charge on any atom is 0.269 e. The van der Waals surface area contributed by atoms with Gasteiger partial charge in [-0.15, -0.1) is 6.58 Å². The van der Waals surface area contributed by atoms with Crippen LogP contribution in [-0.4, -0.2) is 101 Å². The normalized spacial score (nSPS) is 22.9. The standard InChI is InChI=1S/C49H60FN3O11/c1-3-27-62-49-45(52(23-28-60-29-26-56)46(57)22-17-34-15-18-37(19-16-34)53(58)59)32-43(51-63-4-2)40-30-35(11-7-9-24-54)39(13-8-10-25-55)47(48(40)49)41-31-38(20-21-44(41)64-49)61-33-36-12-5-6-14-42(36)50/h3,5-6,12,14-22,30-31,35,39,45,47-48,54-56H,1,4,7-11,13,23-29,32-33H2,2H3. The van der Waals surface area contributed by atoms with Crippen LogP contribution in [0.15, 0.2) is 102 Å². The lowest BCUT2D eigenvalue weighted by molar-refractivity contribution is -0.384. The number of unbranched alkanes of at least 4 members (excludes halogenated alkanes) is 2. The lowest BCUT2D eigenvalue weighted by Gasteiger charge is -2.60. The van der Waals surface area contributed by atoms with Gasteiger partial charge in [0.15, 0.2) is 0 Å². The number of fused-ring (bicyclic) bond motifs is 2. The molecule has 3 aromatic carbocycles. The number of rotatable bonds is 25. The molecule has 0 saturated heterocycles. The minimum absolute atomic E-state index is 0.00227. The van der Waals surface area contributed by atoms with E-state index in [2.05, 4.69) is 12.7 Å². The van der Waals surface area contributed by atoms with E-state index in [1.54, 1.807) is 53.5 Å². The monoisotopic (exact) mass is 885 g/mol. The molecule has 6 atom stereocenters. The molecule has 1 saturated carbocycles. The summed E-state index contributed by atoms with van der Waals surface area (Å²) in [5.41, 5.74) is 3.23. The number of halogens is 1. The molecule has 3 N–H and O–H groups in total. The number of allylic oxidation sites excluding steroid dienone is 1. The second-order valence-corrected chi connectivity index (χ2v) is 16.1. The van der Waals surface area contributed by atoms with Crippen LogP contribution < -0.4 is 9.47 Å². The quantitative estimate of drug-likeness (QED) is 0.0252. The Hall–Kier alpha value is -5.45. The molecule has 1 amide bonds. The third-order valence-corrected chi connectivity index (χ3v) is 12.2. The van der Waals surface area contributed by atoms with Crippen molar-refractivity contribution < 1.29 is 53.2 Å². The Morgan fingerprint density at radius 2 is 1.80 bits per heavy atom. The van der Waals surface area contributed by atoms with Gasteiger partial charge in [0.1, 0.15) is 36.6 Å². The second-order valence-electron chi connectivity index (χ2n) is 16.1. The van der Waals surface area contributed by atoms with Crippen molar-refractivity contribution in [3.05, 3.63) is 130 Å². The van der Waals surface area contributed by atoms with Crippen molar-refractivity contribution in [3.63, 3.8) is 0 Å². The molecule has 0 bridgehead atoms. The molecule has 1 fully saturated rings. The smallest absolute Gasteiger partial charge is 0.269 e. The van der Waals surface area contributed by atoms with Crippen LogP contribution >= 0.6 is 0 Å². The van der Waals surface area contributed by atoms with Crippen molar-refractivity contribution in [2.75, 3.05) is 52.8 Å². The molecule has 14 nitrogen and oxygen atoms in total. The number of aliphatic hydroxyl groups is 3. The predicted octanol–water partition coefficient (Wildman–Crippen LogP) is 7.52. The number of aliphatic hydroxyl groups excluding tert-OH is 3. The maximum absolute atomic E-state index is 14.8. The summed E-state index contributed by atoms with van der Waals surface area (Å²) in [6.07, 6.45) is 11.2. The number of non-ortho nitro benzene ring substituents is 1. The van der Waals surface area contributed by atoms with Crippen molar-refractivity contribution in [1.82, 2.24) is 4.90 Å². The molecule has 6 unspecified atom stereocenters. The maximum atomic E-state index is 14.8. The highest BCUT2D eigenvalue weighted by Crippen LogP contribution is 2.62. The van der Waals surface area contributed by atoms with Crippen molar-refractivity contribution in [3.8, 4) is 11.5 Å². The van der Waals surface area contributed by atoms with Crippen molar-refractivity contribution >= 4 is 23.4 Å². The summed E-state index contributed by atoms with van der Waals surface area (Å²) >= 11 is 0. The SMILES string of the molecule is C=CCOC12Oc3ccc(OCc4ccccc4F)cc3C3C(CCCCO)C(CCCCO)C=C(C(=NOCC)CC1N(CCOCCO)C(=O)C=Cc1ccc([N+](=O)[O-])cc1)C32. The van der Waals surface area contributed by atoms with Gasteiger partial charge in [0.05, 0.1) is 43.0 Å². The van der Waals surface area contributed by atoms with Crippen LogP contribution in [0.1, 0.15) is 74.5 Å². The van der Waals surface area contributed by atoms with Crippen LogP contribution in [0.25, 0.3) is 6.08 Å². The number of benzene rings is 3. The van der Waals surface area contributed by atoms with Crippen LogP contribution in [0, 0.1) is 33.7 Å². The first kappa shape index (κ1) is 48.0. The number of ether oxygens (including phenoxy) is 4. The molecule has 64 heavy (non-hydrogen) atoms. The lowest BCUT2D eigenvalue weighted by atomic mass is 9.55. The van der Waals surface area contributed by atoms with Crippen molar-refractivity contribution in [2.45, 2.75) is 76.2 Å². The number of amides is 1. The highest BCUT2D eigenvalue weighted by molar-refractivity contribution is 6.03.